The summed E-state index contributed by atoms with van der Waals surface area (Å²) in [5.41, 5.74) is 2.47. The van der Waals surface area contributed by atoms with Gasteiger partial charge in [0.05, 0.1) is 13.7 Å². The van der Waals surface area contributed by atoms with Gasteiger partial charge in [0.1, 0.15) is 0 Å². The first-order chi connectivity index (χ1) is 10.0. The summed E-state index contributed by atoms with van der Waals surface area (Å²) in [6.45, 7) is 6.32. The van der Waals surface area contributed by atoms with Gasteiger partial charge in [0.25, 0.3) is 5.91 Å². The first-order valence-corrected chi connectivity index (χ1v) is 6.85. The molecular formula is C15H20N4O2. The molecule has 0 aliphatic heterocycles. The maximum Gasteiger partial charge on any atom is 0.277 e. The van der Waals surface area contributed by atoms with Gasteiger partial charge < -0.3 is 10.1 Å². The quantitative estimate of drug-likeness (QED) is 0.910. The van der Waals surface area contributed by atoms with Crippen molar-refractivity contribution in [3.63, 3.8) is 0 Å². The molecule has 1 aromatic carbocycles. The number of methoxy groups -OCH3 is 1. The number of amides is 1. The number of nitrogens with zero attached hydrogens (tertiary/aromatic N) is 3. The number of nitrogens with one attached hydrogen (secondary N) is 1. The van der Waals surface area contributed by atoms with Gasteiger partial charge in [-0.25, -0.2) is 4.68 Å². The fourth-order valence-corrected chi connectivity index (χ4v) is 1.95. The highest BCUT2D eigenvalue weighted by Crippen LogP contribution is 2.17. The van der Waals surface area contributed by atoms with Crippen molar-refractivity contribution in [3.8, 4) is 5.88 Å². The SMILES string of the molecule is COc1c(C(=O)NC(C)C)nnn1Cc1ccc(C)cc1. The molecule has 0 bridgehead atoms. The molecule has 0 radical (unpaired) electrons. The Balaban J connectivity index is 2.23. The summed E-state index contributed by atoms with van der Waals surface area (Å²) in [7, 11) is 1.51. The Morgan fingerprint density at radius 1 is 1.33 bits per heavy atom. The second-order valence-electron chi connectivity index (χ2n) is 5.22. The molecule has 0 spiro atoms. The summed E-state index contributed by atoms with van der Waals surface area (Å²) in [5, 5.41) is 10.7. The van der Waals surface area contributed by atoms with E-state index in [9.17, 15) is 4.79 Å². The van der Waals surface area contributed by atoms with Crippen molar-refractivity contribution in [2.75, 3.05) is 7.11 Å². The molecule has 112 valence electrons. The zero-order valence-electron chi connectivity index (χ0n) is 12.8. The number of hydrogen-bond acceptors (Lipinski definition) is 4. The van der Waals surface area contributed by atoms with Gasteiger partial charge in [0.2, 0.25) is 11.6 Å². The lowest BCUT2D eigenvalue weighted by Gasteiger charge is -2.09. The summed E-state index contributed by atoms with van der Waals surface area (Å²) < 4.78 is 6.88. The Bertz CT molecular complexity index is 617. The highest BCUT2D eigenvalue weighted by molar-refractivity contribution is 5.94. The molecule has 0 aliphatic rings. The van der Waals surface area contributed by atoms with E-state index in [0.717, 1.165) is 5.56 Å². The van der Waals surface area contributed by atoms with Crippen LogP contribution in [0.4, 0.5) is 0 Å². The van der Waals surface area contributed by atoms with Crippen LogP contribution < -0.4 is 10.1 Å². The van der Waals surface area contributed by atoms with Crippen LogP contribution in [0.5, 0.6) is 5.88 Å². The average molecular weight is 288 g/mol. The Labute approximate surface area is 124 Å². The van der Waals surface area contributed by atoms with Gasteiger partial charge in [-0.15, -0.1) is 5.10 Å². The van der Waals surface area contributed by atoms with Crippen molar-refractivity contribution in [3.05, 3.63) is 41.1 Å². The smallest absolute Gasteiger partial charge is 0.277 e. The zero-order chi connectivity index (χ0) is 15.4. The minimum Gasteiger partial charge on any atom is -0.479 e. The molecule has 2 aromatic rings. The highest BCUT2D eigenvalue weighted by atomic mass is 16.5. The maximum absolute atomic E-state index is 12.0. The number of hydrogen-bond donors (Lipinski definition) is 1. The summed E-state index contributed by atoms with van der Waals surface area (Å²) in [6.07, 6.45) is 0. The Kier molecular flexibility index (Phi) is 4.57. The van der Waals surface area contributed by atoms with Gasteiger partial charge in [-0.2, -0.15) is 0 Å². The van der Waals surface area contributed by atoms with E-state index in [1.807, 2.05) is 45.0 Å². The van der Waals surface area contributed by atoms with E-state index in [1.54, 1.807) is 4.68 Å². The molecule has 0 saturated heterocycles. The Hall–Kier alpha value is -2.37. The minimum atomic E-state index is -0.281. The lowest BCUT2D eigenvalue weighted by Crippen LogP contribution is -2.30. The summed E-state index contributed by atoms with van der Waals surface area (Å²) >= 11 is 0. The first-order valence-electron chi connectivity index (χ1n) is 6.85. The molecule has 1 heterocycles. The summed E-state index contributed by atoms with van der Waals surface area (Å²) in [6, 6.07) is 8.13. The van der Waals surface area contributed by atoms with Crippen molar-refractivity contribution in [1.29, 1.82) is 0 Å². The molecule has 0 saturated carbocycles. The van der Waals surface area contributed by atoms with E-state index in [2.05, 4.69) is 15.6 Å². The normalized spacial score (nSPS) is 10.7. The van der Waals surface area contributed by atoms with Gasteiger partial charge in [0, 0.05) is 6.04 Å². The van der Waals surface area contributed by atoms with Crippen LogP contribution in [-0.4, -0.2) is 34.1 Å². The first kappa shape index (κ1) is 15.0. The van der Waals surface area contributed by atoms with E-state index in [0.29, 0.717) is 12.4 Å². The van der Waals surface area contributed by atoms with Gasteiger partial charge in [-0.3, -0.25) is 4.79 Å². The number of ether oxygens (including phenoxy) is 1. The van der Waals surface area contributed by atoms with Gasteiger partial charge in [0.15, 0.2) is 0 Å². The van der Waals surface area contributed by atoms with Gasteiger partial charge >= 0.3 is 0 Å². The van der Waals surface area contributed by atoms with Crippen molar-refractivity contribution >= 4 is 5.91 Å². The molecule has 6 heteroatoms. The maximum atomic E-state index is 12.0. The standard InChI is InChI=1S/C15H20N4O2/c1-10(2)16-14(20)13-15(21-4)19(18-17-13)9-12-7-5-11(3)6-8-12/h5-8,10H,9H2,1-4H3,(H,16,20). The van der Waals surface area contributed by atoms with Crippen molar-refractivity contribution in [2.45, 2.75) is 33.4 Å². The molecule has 1 N–H and O–H groups in total. The molecule has 0 fully saturated rings. The fraction of sp³-hybridized carbons (Fsp3) is 0.400. The van der Waals surface area contributed by atoms with Crippen LogP contribution in [0.2, 0.25) is 0 Å². The Morgan fingerprint density at radius 2 is 2.00 bits per heavy atom. The third-order valence-corrected chi connectivity index (χ3v) is 2.97. The van der Waals surface area contributed by atoms with Crippen LogP contribution in [0.15, 0.2) is 24.3 Å². The summed E-state index contributed by atoms with van der Waals surface area (Å²) in [4.78, 5) is 12.0. The molecule has 0 atom stereocenters. The van der Waals surface area contributed by atoms with Crippen LogP contribution in [0, 0.1) is 6.92 Å². The molecule has 6 nitrogen and oxygen atoms in total. The molecule has 1 amide bonds. The second kappa shape index (κ2) is 6.39. The summed E-state index contributed by atoms with van der Waals surface area (Å²) in [5.74, 6) is 0.0886. The van der Waals surface area contributed by atoms with E-state index >= 15 is 0 Å². The minimum absolute atomic E-state index is 0.0319. The molecule has 1 aromatic heterocycles. The monoisotopic (exact) mass is 288 g/mol. The van der Waals surface area contributed by atoms with Crippen LogP contribution in [0.25, 0.3) is 0 Å². The zero-order valence-corrected chi connectivity index (χ0v) is 12.8. The number of aryl methyl sites for hydroxylation is 1. The predicted molar refractivity (Wildman–Crippen MR) is 79.5 cm³/mol. The third-order valence-electron chi connectivity index (χ3n) is 2.97. The number of carbonyl (C=O) groups is 1. The molecule has 0 aliphatic carbocycles. The van der Waals surface area contributed by atoms with E-state index in [1.165, 1.54) is 12.7 Å². The molecular weight excluding hydrogens is 268 g/mol. The van der Waals surface area contributed by atoms with Crippen LogP contribution in [0.1, 0.15) is 35.5 Å². The highest BCUT2D eigenvalue weighted by Gasteiger charge is 2.21. The van der Waals surface area contributed by atoms with Crippen LogP contribution in [-0.2, 0) is 6.54 Å². The number of rotatable bonds is 5. The van der Waals surface area contributed by atoms with Gasteiger partial charge in [-0.1, -0.05) is 35.0 Å². The van der Waals surface area contributed by atoms with E-state index in [4.69, 9.17) is 4.74 Å². The lowest BCUT2D eigenvalue weighted by molar-refractivity contribution is 0.0934. The molecule has 21 heavy (non-hydrogen) atoms. The van der Waals surface area contributed by atoms with Gasteiger partial charge in [-0.05, 0) is 26.3 Å². The van der Waals surface area contributed by atoms with Crippen molar-refractivity contribution in [1.82, 2.24) is 20.3 Å². The van der Waals surface area contributed by atoms with E-state index < -0.39 is 0 Å². The number of aromatic nitrogens is 3. The number of carbonyl (C=O) groups excluding carboxylic acids is 1. The third kappa shape index (κ3) is 3.59. The van der Waals surface area contributed by atoms with Crippen molar-refractivity contribution in [2.24, 2.45) is 0 Å². The Morgan fingerprint density at radius 3 is 2.57 bits per heavy atom. The van der Waals surface area contributed by atoms with E-state index in [-0.39, 0.29) is 17.6 Å². The topological polar surface area (TPSA) is 69.0 Å². The lowest BCUT2D eigenvalue weighted by atomic mass is 10.1. The van der Waals surface area contributed by atoms with Crippen LogP contribution >= 0.6 is 0 Å². The second-order valence-corrected chi connectivity index (χ2v) is 5.22. The van der Waals surface area contributed by atoms with Crippen LogP contribution in [0.3, 0.4) is 0 Å². The predicted octanol–water partition coefficient (Wildman–Crippen LogP) is 1.78. The fourth-order valence-electron chi connectivity index (χ4n) is 1.95. The van der Waals surface area contributed by atoms with Crippen molar-refractivity contribution < 1.29 is 9.53 Å². The number of benzene rings is 1. The molecule has 2 rings (SSSR count). The largest absolute Gasteiger partial charge is 0.479 e. The molecule has 0 unspecified atom stereocenters. The average Bonchev–Trinajstić information content (AvgIpc) is 2.83.